The van der Waals surface area contributed by atoms with E-state index in [1.165, 1.54) is 25.8 Å². The van der Waals surface area contributed by atoms with E-state index >= 15 is 0 Å². The standard InChI is InChI=1S/C13H23N3O/c1-4-11-7-6-8-16(9-11)10(3)13-14-12(5-2)15-17-13/h10-11H,4-9H2,1-3H3/t10-,11+/m1/s1. The fourth-order valence-electron chi connectivity index (χ4n) is 2.52. The molecule has 0 radical (unpaired) electrons. The summed E-state index contributed by atoms with van der Waals surface area (Å²) in [4.78, 5) is 6.91. The normalized spacial score (nSPS) is 23.8. The molecule has 0 aliphatic carbocycles. The van der Waals surface area contributed by atoms with Crippen molar-refractivity contribution in [3.63, 3.8) is 0 Å². The molecule has 1 aromatic rings. The second kappa shape index (κ2) is 5.63. The molecule has 0 unspecified atom stereocenters. The van der Waals surface area contributed by atoms with Gasteiger partial charge in [0, 0.05) is 13.0 Å². The Morgan fingerprint density at radius 3 is 2.94 bits per heavy atom. The third-order valence-electron chi connectivity index (χ3n) is 3.83. The molecular weight excluding hydrogens is 214 g/mol. The second-order valence-corrected chi connectivity index (χ2v) is 4.99. The zero-order chi connectivity index (χ0) is 12.3. The zero-order valence-corrected chi connectivity index (χ0v) is 11.1. The lowest BCUT2D eigenvalue weighted by molar-refractivity contribution is 0.109. The van der Waals surface area contributed by atoms with Crippen LogP contribution in [0.2, 0.25) is 0 Å². The average molecular weight is 237 g/mol. The molecule has 1 aliphatic heterocycles. The summed E-state index contributed by atoms with van der Waals surface area (Å²) >= 11 is 0. The predicted molar refractivity (Wildman–Crippen MR) is 66.7 cm³/mol. The third kappa shape index (κ3) is 2.86. The van der Waals surface area contributed by atoms with E-state index in [1.54, 1.807) is 0 Å². The van der Waals surface area contributed by atoms with Crippen LogP contribution in [0.15, 0.2) is 4.52 Å². The maximum Gasteiger partial charge on any atom is 0.243 e. The summed E-state index contributed by atoms with van der Waals surface area (Å²) in [6, 6.07) is 0.261. The van der Waals surface area contributed by atoms with Gasteiger partial charge in [0.1, 0.15) is 0 Å². The van der Waals surface area contributed by atoms with Gasteiger partial charge in [-0.25, -0.2) is 0 Å². The number of hydrogen-bond acceptors (Lipinski definition) is 4. The van der Waals surface area contributed by atoms with Crippen LogP contribution in [0.1, 0.15) is 57.8 Å². The van der Waals surface area contributed by atoms with Gasteiger partial charge in [0.05, 0.1) is 6.04 Å². The van der Waals surface area contributed by atoms with Gasteiger partial charge in [-0.3, -0.25) is 4.90 Å². The quantitative estimate of drug-likeness (QED) is 0.807. The minimum absolute atomic E-state index is 0.261. The van der Waals surface area contributed by atoms with Crippen LogP contribution in [0.5, 0.6) is 0 Å². The van der Waals surface area contributed by atoms with E-state index in [2.05, 4.69) is 28.9 Å². The van der Waals surface area contributed by atoms with E-state index < -0.39 is 0 Å². The predicted octanol–water partition coefficient (Wildman–Crippen LogP) is 2.82. The van der Waals surface area contributed by atoms with E-state index in [0.717, 1.165) is 30.6 Å². The topological polar surface area (TPSA) is 42.2 Å². The smallest absolute Gasteiger partial charge is 0.243 e. The Kier molecular flexibility index (Phi) is 4.15. The van der Waals surface area contributed by atoms with Crippen molar-refractivity contribution in [3.8, 4) is 0 Å². The molecular formula is C13H23N3O. The molecule has 0 spiro atoms. The highest BCUT2D eigenvalue weighted by Crippen LogP contribution is 2.26. The largest absolute Gasteiger partial charge is 0.338 e. The zero-order valence-electron chi connectivity index (χ0n) is 11.1. The fourth-order valence-corrected chi connectivity index (χ4v) is 2.52. The van der Waals surface area contributed by atoms with Gasteiger partial charge in [-0.05, 0) is 32.2 Å². The minimum Gasteiger partial charge on any atom is -0.338 e. The lowest BCUT2D eigenvalue weighted by Gasteiger charge is -2.34. The number of aryl methyl sites for hydroxylation is 1. The molecule has 96 valence electrons. The first-order chi connectivity index (χ1) is 8.24. The van der Waals surface area contributed by atoms with Gasteiger partial charge in [-0.15, -0.1) is 0 Å². The van der Waals surface area contributed by atoms with Crippen LogP contribution in [0.3, 0.4) is 0 Å². The summed E-state index contributed by atoms with van der Waals surface area (Å²) in [5.74, 6) is 2.43. The summed E-state index contributed by atoms with van der Waals surface area (Å²) < 4.78 is 5.34. The van der Waals surface area contributed by atoms with Crippen LogP contribution in [0.4, 0.5) is 0 Å². The second-order valence-electron chi connectivity index (χ2n) is 4.99. The molecule has 2 atom stereocenters. The molecule has 0 saturated carbocycles. The third-order valence-corrected chi connectivity index (χ3v) is 3.83. The van der Waals surface area contributed by atoms with Crippen molar-refractivity contribution in [2.45, 2.75) is 52.5 Å². The number of hydrogen-bond donors (Lipinski definition) is 0. The fraction of sp³-hybridized carbons (Fsp3) is 0.846. The van der Waals surface area contributed by atoms with E-state index in [1.807, 2.05) is 6.92 Å². The Bertz CT molecular complexity index is 350. The van der Waals surface area contributed by atoms with Crippen molar-refractivity contribution in [2.24, 2.45) is 5.92 Å². The van der Waals surface area contributed by atoms with E-state index in [9.17, 15) is 0 Å². The number of likely N-dealkylation sites (tertiary alicyclic amines) is 1. The number of piperidine rings is 1. The maximum atomic E-state index is 5.34. The monoisotopic (exact) mass is 237 g/mol. The highest BCUT2D eigenvalue weighted by Gasteiger charge is 2.26. The lowest BCUT2D eigenvalue weighted by atomic mass is 9.95. The molecule has 1 fully saturated rings. The Morgan fingerprint density at radius 2 is 2.29 bits per heavy atom. The molecule has 2 heterocycles. The van der Waals surface area contributed by atoms with Gasteiger partial charge in [0.15, 0.2) is 5.82 Å². The van der Waals surface area contributed by atoms with Gasteiger partial charge in [0.2, 0.25) is 5.89 Å². The number of rotatable bonds is 4. The van der Waals surface area contributed by atoms with Crippen molar-refractivity contribution in [1.82, 2.24) is 15.0 Å². The molecule has 1 saturated heterocycles. The van der Waals surface area contributed by atoms with Crippen molar-refractivity contribution in [3.05, 3.63) is 11.7 Å². The highest BCUT2D eigenvalue weighted by molar-refractivity contribution is 4.93. The van der Waals surface area contributed by atoms with Crippen molar-refractivity contribution >= 4 is 0 Å². The summed E-state index contributed by atoms with van der Waals surface area (Å²) in [5, 5.41) is 3.98. The molecule has 17 heavy (non-hydrogen) atoms. The molecule has 0 bridgehead atoms. The SMILES string of the molecule is CCc1noc([C@@H](C)N2CCC[C@H](CC)C2)n1. The number of nitrogens with zero attached hydrogens (tertiary/aromatic N) is 3. The van der Waals surface area contributed by atoms with Gasteiger partial charge in [0.25, 0.3) is 0 Å². The van der Waals surface area contributed by atoms with Crippen LogP contribution < -0.4 is 0 Å². The van der Waals surface area contributed by atoms with Crippen LogP contribution in [-0.4, -0.2) is 28.1 Å². The van der Waals surface area contributed by atoms with E-state index in [0.29, 0.717) is 0 Å². The van der Waals surface area contributed by atoms with Crippen LogP contribution in [0.25, 0.3) is 0 Å². The van der Waals surface area contributed by atoms with Gasteiger partial charge in [-0.1, -0.05) is 25.4 Å². The maximum absolute atomic E-state index is 5.34. The molecule has 0 aromatic carbocycles. The molecule has 1 aliphatic rings. The molecule has 4 heteroatoms. The molecule has 0 N–H and O–H groups in total. The van der Waals surface area contributed by atoms with Gasteiger partial charge >= 0.3 is 0 Å². The highest BCUT2D eigenvalue weighted by atomic mass is 16.5. The van der Waals surface area contributed by atoms with Gasteiger partial charge < -0.3 is 4.52 Å². The molecule has 2 rings (SSSR count). The van der Waals surface area contributed by atoms with E-state index in [4.69, 9.17) is 4.52 Å². The number of aromatic nitrogens is 2. The summed E-state index contributed by atoms with van der Waals surface area (Å²) in [5.41, 5.74) is 0. The van der Waals surface area contributed by atoms with Crippen LogP contribution in [-0.2, 0) is 6.42 Å². The Morgan fingerprint density at radius 1 is 1.47 bits per heavy atom. The Hall–Kier alpha value is -0.900. The van der Waals surface area contributed by atoms with Crippen molar-refractivity contribution in [2.75, 3.05) is 13.1 Å². The van der Waals surface area contributed by atoms with E-state index in [-0.39, 0.29) is 6.04 Å². The Balaban J connectivity index is 2.00. The Labute approximate surface area is 103 Å². The average Bonchev–Trinajstić information content (AvgIpc) is 2.86. The lowest BCUT2D eigenvalue weighted by Crippen LogP contribution is -2.37. The summed E-state index contributed by atoms with van der Waals surface area (Å²) in [6.07, 6.45) is 4.77. The first-order valence-electron chi connectivity index (χ1n) is 6.81. The summed E-state index contributed by atoms with van der Waals surface area (Å²) in [6.45, 7) is 8.82. The van der Waals surface area contributed by atoms with Crippen LogP contribution >= 0.6 is 0 Å². The molecule has 1 aromatic heterocycles. The van der Waals surface area contributed by atoms with Crippen LogP contribution in [0, 0.1) is 5.92 Å². The first-order valence-corrected chi connectivity index (χ1v) is 6.81. The summed E-state index contributed by atoms with van der Waals surface area (Å²) in [7, 11) is 0. The minimum atomic E-state index is 0.261. The van der Waals surface area contributed by atoms with Gasteiger partial charge in [-0.2, -0.15) is 4.98 Å². The molecule has 4 nitrogen and oxygen atoms in total. The first kappa shape index (κ1) is 12.6. The van der Waals surface area contributed by atoms with Crippen molar-refractivity contribution < 1.29 is 4.52 Å². The molecule has 0 amide bonds. The van der Waals surface area contributed by atoms with Crippen molar-refractivity contribution in [1.29, 1.82) is 0 Å².